The molecule has 0 aliphatic heterocycles. The van der Waals surface area contributed by atoms with E-state index in [1.54, 1.807) is 0 Å². The van der Waals surface area contributed by atoms with Crippen LogP contribution in [0.2, 0.25) is 0 Å². The zero-order valence-corrected chi connectivity index (χ0v) is 37.0. The molecule has 10 heteroatoms. The maximum absolute atomic E-state index is 12.7. The van der Waals surface area contributed by atoms with Crippen LogP contribution in [0.4, 0.5) is 0 Å². The molecule has 0 heterocycles. The minimum Gasteiger partial charge on any atom is -0.467 e. The van der Waals surface area contributed by atoms with Gasteiger partial charge in [-0.15, -0.1) is 0 Å². The van der Waals surface area contributed by atoms with Crippen LogP contribution in [0.1, 0.15) is 194 Å². The minimum atomic E-state index is -0.760. The summed E-state index contributed by atoms with van der Waals surface area (Å²) in [5.41, 5.74) is 0. The average Bonchev–Trinajstić information content (AvgIpc) is 3.19. The van der Waals surface area contributed by atoms with Crippen molar-refractivity contribution in [1.29, 1.82) is 0 Å². The van der Waals surface area contributed by atoms with Crippen LogP contribution in [0.5, 0.6) is 0 Å². The van der Waals surface area contributed by atoms with Gasteiger partial charge in [0.1, 0.15) is 13.2 Å². The molecule has 0 bridgehead atoms. The number of esters is 2. The summed E-state index contributed by atoms with van der Waals surface area (Å²) < 4.78 is 16.9. The first-order chi connectivity index (χ1) is 27.5. The molecule has 0 aliphatic rings. The fourth-order valence-electron chi connectivity index (χ4n) is 6.45. The standard InChI is InChI=1S/C46H86N2O7S/c1-3-5-7-9-11-13-15-17-19-21-23-25-27-29-31-33-44(51)53-41-43(42-54-46(56)47-35-36-48(37-39-49)38-40-50)55-45(52)34-32-30-28-26-24-22-20-18-16-14-12-10-8-6-4-2/h17-20,43,49-50H,3-16,21-42H2,1-2H3,(H,47,56). The van der Waals surface area contributed by atoms with Crippen molar-refractivity contribution in [2.24, 2.45) is 0 Å². The van der Waals surface area contributed by atoms with Gasteiger partial charge in [-0.05, 0) is 76.4 Å². The largest absolute Gasteiger partial charge is 0.467 e. The Morgan fingerprint density at radius 1 is 0.554 bits per heavy atom. The third kappa shape index (κ3) is 40.2. The molecular weight excluding hydrogens is 725 g/mol. The van der Waals surface area contributed by atoms with Gasteiger partial charge in [0.25, 0.3) is 5.17 Å². The number of allylic oxidation sites excluding steroid dienone is 4. The molecule has 56 heavy (non-hydrogen) atoms. The molecule has 1 unspecified atom stereocenters. The second-order valence-corrected chi connectivity index (χ2v) is 15.6. The predicted octanol–water partition coefficient (Wildman–Crippen LogP) is 10.7. The number of unbranched alkanes of at least 4 members (excludes halogenated alkanes) is 22. The Morgan fingerprint density at radius 3 is 1.39 bits per heavy atom. The van der Waals surface area contributed by atoms with Gasteiger partial charge in [-0.25, -0.2) is 0 Å². The number of aliphatic hydroxyl groups excluding tert-OH is 2. The highest BCUT2D eigenvalue weighted by atomic mass is 32.1. The Balaban J connectivity index is 4.41. The Labute approximate surface area is 349 Å². The van der Waals surface area contributed by atoms with Crippen molar-refractivity contribution in [3.05, 3.63) is 24.3 Å². The third-order valence-electron chi connectivity index (χ3n) is 9.94. The SMILES string of the molecule is CCCCCCCCC=CCCCCCCCC(=O)OCC(COC(=S)NCCN(CCO)CCO)OC(=O)CCCCCCCC=CCCCCCCCC. The lowest BCUT2D eigenvalue weighted by Crippen LogP contribution is -2.39. The quantitative estimate of drug-likeness (QED) is 0.0238. The van der Waals surface area contributed by atoms with Crippen LogP contribution >= 0.6 is 12.2 Å². The van der Waals surface area contributed by atoms with Gasteiger partial charge in [-0.3, -0.25) is 14.5 Å². The van der Waals surface area contributed by atoms with E-state index in [1.165, 1.54) is 103 Å². The van der Waals surface area contributed by atoms with E-state index in [0.29, 0.717) is 39.0 Å². The van der Waals surface area contributed by atoms with Crippen LogP contribution < -0.4 is 5.32 Å². The maximum Gasteiger partial charge on any atom is 0.306 e. The number of carbonyl (C=O) groups excluding carboxylic acids is 2. The summed E-state index contributed by atoms with van der Waals surface area (Å²) in [5.74, 6) is -0.624. The third-order valence-corrected chi connectivity index (χ3v) is 10.2. The highest BCUT2D eigenvalue weighted by Gasteiger charge is 2.19. The summed E-state index contributed by atoms with van der Waals surface area (Å²) in [4.78, 5) is 27.2. The van der Waals surface area contributed by atoms with E-state index in [0.717, 1.165) is 64.2 Å². The molecule has 0 aromatic heterocycles. The molecule has 0 aliphatic carbocycles. The Hall–Kier alpha value is -2.01. The summed E-state index contributed by atoms with van der Waals surface area (Å²) >= 11 is 5.32. The number of nitrogens with zero attached hydrogens (tertiary/aromatic N) is 1. The molecule has 0 rings (SSSR count). The van der Waals surface area contributed by atoms with Crippen LogP contribution in [-0.2, 0) is 23.8 Å². The van der Waals surface area contributed by atoms with Crippen LogP contribution in [0.25, 0.3) is 0 Å². The van der Waals surface area contributed by atoms with E-state index in [1.807, 2.05) is 4.90 Å². The molecule has 0 spiro atoms. The first kappa shape index (κ1) is 54.0. The number of nitrogens with one attached hydrogen (secondary N) is 1. The van der Waals surface area contributed by atoms with Crippen molar-refractivity contribution in [2.75, 3.05) is 52.6 Å². The van der Waals surface area contributed by atoms with E-state index in [4.69, 9.17) is 26.4 Å². The average molecular weight is 811 g/mol. The number of hydrogen-bond donors (Lipinski definition) is 3. The molecule has 0 fully saturated rings. The first-order valence-electron chi connectivity index (χ1n) is 23.0. The van der Waals surface area contributed by atoms with E-state index in [-0.39, 0.29) is 43.5 Å². The molecule has 0 saturated heterocycles. The highest BCUT2D eigenvalue weighted by molar-refractivity contribution is 7.80. The summed E-state index contributed by atoms with van der Waals surface area (Å²) in [7, 11) is 0. The molecule has 1 atom stereocenters. The first-order valence-corrected chi connectivity index (χ1v) is 23.4. The van der Waals surface area contributed by atoms with Crippen LogP contribution in [0, 0.1) is 0 Å². The second-order valence-electron chi connectivity index (χ2n) is 15.3. The van der Waals surface area contributed by atoms with Gasteiger partial charge < -0.3 is 29.7 Å². The van der Waals surface area contributed by atoms with E-state index in [2.05, 4.69) is 43.5 Å². The van der Waals surface area contributed by atoms with E-state index < -0.39 is 6.10 Å². The minimum absolute atomic E-state index is 0.000960. The molecule has 0 saturated carbocycles. The van der Waals surface area contributed by atoms with Gasteiger partial charge >= 0.3 is 11.9 Å². The van der Waals surface area contributed by atoms with Crippen LogP contribution in [0.3, 0.4) is 0 Å². The molecule has 0 aromatic rings. The number of rotatable bonds is 42. The summed E-state index contributed by atoms with van der Waals surface area (Å²) in [6.45, 7) is 6.34. The highest BCUT2D eigenvalue weighted by Crippen LogP contribution is 2.13. The Morgan fingerprint density at radius 2 is 0.946 bits per heavy atom. The van der Waals surface area contributed by atoms with Gasteiger partial charge in [0.2, 0.25) is 0 Å². The lowest BCUT2D eigenvalue weighted by molar-refractivity contribution is -0.161. The molecule has 9 nitrogen and oxygen atoms in total. The Kier molecular flexibility index (Phi) is 42.5. The van der Waals surface area contributed by atoms with Gasteiger partial charge in [0, 0.05) is 39.0 Å². The normalized spacial score (nSPS) is 12.2. The zero-order valence-electron chi connectivity index (χ0n) is 36.1. The fraction of sp³-hybridized carbons (Fsp3) is 0.848. The van der Waals surface area contributed by atoms with Crippen molar-refractivity contribution in [1.82, 2.24) is 10.2 Å². The predicted molar refractivity (Wildman–Crippen MR) is 237 cm³/mol. The van der Waals surface area contributed by atoms with Gasteiger partial charge in [-0.2, -0.15) is 0 Å². The van der Waals surface area contributed by atoms with Crippen molar-refractivity contribution >= 4 is 29.3 Å². The zero-order chi connectivity index (χ0) is 41.0. The molecule has 0 amide bonds. The van der Waals surface area contributed by atoms with Crippen LogP contribution in [0.15, 0.2) is 24.3 Å². The van der Waals surface area contributed by atoms with Crippen molar-refractivity contribution in [2.45, 2.75) is 200 Å². The molecule has 0 aromatic carbocycles. The fourth-order valence-corrected chi connectivity index (χ4v) is 6.62. The number of carbonyl (C=O) groups is 2. The van der Waals surface area contributed by atoms with Crippen molar-refractivity contribution in [3.8, 4) is 0 Å². The van der Waals surface area contributed by atoms with Gasteiger partial charge in [0.05, 0.1) is 13.2 Å². The second kappa shape index (κ2) is 44.1. The summed E-state index contributed by atoms with van der Waals surface area (Å²) in [6.07, 6.45) is 40.3. The summed E-state index contributed by atoms with van der Waals surface area (Å²) in [5, 5.41) is 21.6. The van der Waals surface area contributed by atoms with Gasteiger partial charge in [0.15, 0.2) is 6.10 Å². The molecular formula is C46H86N2O7S. The Bertz CT molecular complexity index is 942. The lowest BCUT2D eigenvalue weighted by Gasteiger charge is -2.21. The monoisotopic (exact) mass is 811 g/mol. The van der Waals surface area contributed by atoms with Gasteiger partial charge in [-0.1, -0.05) is 141 Å². The van der Waals surface area contributed by atoms with Crippen molar-refractivity contribution < 1.29 is 34.0 Å². The molecule has 0 radical (unpaired) electrons. The van der Waals surface area contributed by atoms with E-state index >= 15 is 0 Å². The maximum atomic E-state index is 12.7. The molecule has 3 N–H and O–H groups in total. The number of ether oxygens (including phenoxy) is 3. The topological polar surface area (TPSA) is 118 Å². The number of aliphatic hydroxyl groups is 2. The number of thiocarbonyl (C=S) groups is 1. The van der Waals surface area contributed by atoms with Crippen molar-refractivity contribution in [3.63, 3.8) is 0 Å². The van der Waals surface area contributed by atoms with E-state index in [9.17, 15) is 19.8 Å². The van der Waals surface area contributed by atoms with Crippen LogP contribution in [-0.4, -0.2) is 90.9 Å². The molecule has 328 valence electrons. The lowest BCUT2D eigenvalue weighted by atomic mass is 10.1. The number of hydrogen-bond acceptors (Lipinski definition) is 9. The summed E-state index contributed by atoms with van der Waals surface area (Å²) in [6, 6.07) is 0. The smallest absolute Gasteiger partial charge is 0.306 e.